The second-order valence-corrected chi connectivity index (χ2v) is 5.52. The Morgan fingerprint density at radius 1 is 1.39 bits per heavy atom. The molecule has 2 aromatic rings. The van der Waals surface area contributed by atoms with Gasteiger partial charge in [0.05, 0.1) is 12.2 Å². The van der Waals surface area contributed by atoms with E-state index in [-0.39, 0.29) is 11.9 Å². The fourth-order valence-corrected chi connectivity index (χ4v) is 2.72. The van der Waals surface area contributed by atoms with Crippen molar-refractivity contribution in [2.24, 2.45) is 0 Å². The number of nitrogens with zero attached hydrogens (tertiary/aromatic N) is 2. The summed E-state index contributed by atoms with van der Waals surface area (Å²) >= 11 is 1.64. The van der Waals surface area contributed by atoms with Crippen LogP contribution in [0.2, 0.25) is 0 Å². The summed E-state index contributed by atoms with van der Waals surface area (Å²) in [4.78, 5) is 12.3. The van der Waals surface area contributed by atoms with Crippen molar-refractivity contribution in [3.8, 4) is 5.75 Å². The van der Waals surface area contributed by atoms with Gasteiger partial charge in [0.15, 0.2) is 0 Å². The van der Waals surface area contributed by atoms with Crippen LogP contribution in [0.1, 0.15) is 23.2 Å². The van der Waals surface area contributed by atoms with Crippen molar-refractivity contribution in [2.45, 2.75) is 6.92 Å². The molecule has 0 spiro atoms. The maximum Gasteiger partial charge on any atom is 0.322 e. The molecule has 0 aliphatic carbocycles. The summed E-state index contributed by atoms with van der Waals surface area (Å²) in [7, 11) is 0. The Balaban J connectivity index is 1.75. The van der Waals surface area contributed by atoms with Crippen molar-refractivity contribution >= 4 is 29.3 Å². The summed E-state index contributed by atoms with van der Waals surface area (Å²) in [5.41, 5.74) is 1.35. The van der Waals surface area contributed by atoms with Crippen LogP contribution in [-0.4, -0.2) is 28.5 Å². The number of anilines is 1. The minimum atomic E-state index is -0.351. The third-order valence-corrected chi connectivity index (χ3v) is 3.89. The number of thioether (sulfide) groups is 1. The van der Waals surface area contributed by atoms with Crippen molar-refractivity contribution in [1.82, 2.24) is 10.2 Å². The van der Waals surface area contributed by atoms with Crippen LogP contribution in [-0.2, 0) is 0 Å². The maximum absolute atomic E-state index is 12.3. The number of benzene rings is 1. The number of ether oxygens (including phenoxy) is 1. The molecule has 118 valence electrons. The molecule has 0 saturated carbocycles. The van der Waals surface area contributed by atoms with Gasteiger partial charge in [-0.05, 0) is 24.5 Å². The SMILES string of the molecule is CCOc1ccccc1C(=O)Nc1nnc(C2=CC=CSC2)o1. The number of nitrogens with one attached hydrogen (secondary N) is 1. The smallest absolute Gasteiger partial charge is 0.322 e. The zero-order chi connectivity index (χ0) is 16.1. The summed E-state index contributed by atoms with van der Waals surface area (Å²) in [6.07, 6.45) is 3.84. The number of carbonyl (C=O) groups is 1. The molecule has 7 heteroatoms. The molecule has 2 heterocycles. The third-order valence-electron chi connectivity index (χ3n) is 3.06. The predicted octanol–water partition coefficient (Wildman–Crippen LogP) is 3.36. The Labute approximate surface area is 137 Å². The number of hydrogen-bond acceptors (Lipinski definition) is 6. The van der Waals surface area contributed by atoms with E-state index in [1.54, 1.807) is 30.0 Å². The first-order valence-corrected chi connectivity index (χ1v) is 8.17. The van der Waals surface area contributed by atoms with Crippen molar-refractivity contribution < 1.29 is 13.9 Å². The summed E-state index contributed by atoms with van der Waals surface area (Å²) < 4.78 is 11.0. The van der Waals surface area contributed by atoms with Crippen LogP contribution in [0, 0.1) is 0 Å². The molecule has 23 heavy (non-hydrogen) atoms. The molecule has 1 aliphatic rings. The fourth-order valence-electron chi connectivity index (χ4n) is 2.03. The minimum absolute atomic E-state index is 0.0664. The lowest BCUT2D eigenvalue weighted by Gasteiger charge is -2.08. The molecule has 0 bridgehead atoms. The van der Waals surface area contributed by atoms with Crippen LogP contribution in [0.3, 0.4) is 0 Å². The molecule has 1 aromatic heterocycles. The van der Waals surface area contributed by atoms with Gasteiger partial charge in [0.2, 0.25) is 5.89 Å². The van der Waals surface area contributed by atoms with E-state index in [2.05, 4.69) is 15.5 Å². The molecule has 0 fully saturated rings. The molecule has 0 saturated heterocycles. The Morgan fingerprint density at radius 3 is 3.04 bits per heavy atom. The number of allylic oxidation sites excluding steroid dienone is 2. The Hall–Kier alpha value is -2.54. The van der Waals surface area contributed by atoms with Gasteiger partial charge in [0, 0.05) is 11.3 Å². The number of hydrogen-bond donors (Lipinski definition) is 1. The molecule has 6 nitrogen and oxygen atoms in total. The van der Waals surface area contributed by atoms with Crippen LogP contribution >= 0.6 is 11.8 Å². The first-order valence-electron chi connectivity index (χ1n) is 7.12. The van der Waals surface area contributed by atoms with E-state index >= 15 is 0 Å². The number of aromatic nitrogens is 2. The number of carbonyl (C=O) groups excluding carboxylic acids is 1. The highest BCUT2D eigenvalue weighted by Gasteiger charge is 2.17. The topological polar surface area (TPSA) is 77.2 Å². The second-order valence-electron chi connectivity index (χ2n) is 4.63. The molecule has 0 radical (unpaired) electrons. The first kappa shape index (κ1) is 15.4. The van der Waals surface area contributed by atoms with E-state index in [0.29, 0.717) is 23.8 Å². The number of rotatable bonds is 5. The Bertz CT molecular complexity index is 767. The molecular formula is C16H15N3O3S. The molecule has 1 aromatic carbocycles. The highest BCUT2D eigenvalue weighted by Crippen LogP contribution is 2.25. The lowest BCUT2D eigenvalue weighted by atomic mass is 10.2. The van der Waals surface area contributed by atoms with E-state index in [1.807, 2.05) is 30.6 Å². The standard InChI is InChI=1S/C16H15N3O3S/c1-2-21-13-8-4-3-7-12(13)14(20)17-16-19-18-15(22-16)11-6-5-9-23-10-11/h3-9H,2,10H2,1H3,(H,17,19,20). The number of amides is 1. The minimum Gasteiger partial charge on any atom is -0.493 e. The lowest BCUT2D eigenvalue weighted by Crippen LogP contribution is -2.13. The zero-order valence-electron chi connectivity index (χ0n) is 12.5. The number of para-hydroxylation sites is 1. The summed E-state index contributed by atoms with van der Waals surface area (Å²) in [5, 5.41) is 12.4. The molecule has 3 rings (SSSR count). The van der Waals surface area contributed by atoms with Gasteiger partial charge < -0.3 is 9.15 Å². The average molecular weight is 329 g/mol. The Morgan fingerprint density at radius 2 is 2.26 bits per heavy atom. The quantitative estimate of drug-likeness (QED) is 0.906. The van der Waals surface area contributed by atoms with E-state index < -0.39 is 0 Å². The van der Waals surface area contributed by atoms with Crippen LogP contribution in [0.5, 0.6) is 5.75 Å². The zero-order valence-corrected chi connectivity index (χ0v) is 13.3. The van der Waals surface area contributed by atoms with Gasteiger partial charge in [-0.15, -0.1) is 16.9 Å². The molecule has 1 N–H and O–H groups in total. The first-order chi connectivity index (χ1) is 11.3. The van der Waals surface area contributed by atoms with Crippen LogP contribution < -0.4 is 10.1 Å². The molecule has 1 amide bonds. The lowest BCUT2D eigenvalue weighted by molar-refractivity contribution is 0.102. The van der Waals surface area contributed by atoms with Gasteiger partial charge in [-0.1, -0.05) is 29.4 Å². The van der Waals surface area contributed by atoms with Crippen molar-refractivity contribution in [3.05, 3.63) is 53.3 Å². The molecule has 1 aliphatic heterocycles. The van der Waals surface area contributed by atoms with Crippen LogP contribution in [0.25, 0.3) is 5.57 Å². The van der Waals surface area contributed by atoms with E-state index in [9.17, 15) is 4.79 Å². The Kier molecular flexibility index (Phi) is 4.77. The van der Waals surface area contributed by atoms with Gasteiger partial charge in [-0.3, -0.25) is 10.1 Å². The largest absolute Gasteiger partial charge is 0.493 e. The second kappa shape index (κ2) is 7.15. The average Bonchev–Trinajstić information content (AvgIpc) is 3.05. The van der Waals surface area contributed by atoms with Crippen molar-refractivity contribution in [1.29, 1.82) is 0 Å². The summed E-state index contributed by atoms with van der Waals surface area (Å²) in [6, 6.07) is 7.08. The van der Waals surface area contributed by atoms with E-state index in [0.717, 1.165) is 11.3 Å². The fraction of sp³-hybridized carbons (Fsp3) is 0.188. The predicted molar refractivity (Wildman–Crippen MR) is 89.4 cm³/mol. The summed E-state index contributed by atoms with van der Waals surface area (Å²) in [5.74, 6) is 1.34. The van der Waals surface area contributed by atoms with Gasteiger partial charge in [0.1, 0.15) is 5.75 Å². The molecule has 0 unspecified atom stereocenters. The highest BCUT2D eigenvalue weighted by molar-refractivity contribution is 8.02. The van der Waals surface area contributed by atoms with E-state index in [1.165, 1.54) is 0 Å². The van der Waals surface area contributed by atoms with Gasteiger partial charge >= 0.3 is 6.01 Å². The van der Waals surface area contributed by atoms with Crippen molar-refractivity contribution in [3.63, 3.8) is 0 Å². The monoisotopic (exact) mass is 329 g/mol. The third kappa shape index (κ3) is 3.62. The van der Waals surface area contributed by atoms with Gasteiger partial charge in [-0.2, -0.15) is 0 Å². The normalized spacial score (nSPS) is 13.5. The van der Waals surface area contributed by atoms with Gasteiger partial charge in [0.25, 0.3) is 5.91 Å². The van der Waals surface area contributed by atoms with Gasteiger partial charge in [-0.25, -0.2) is 0 Å². The van der Waals surface area contributed by atoms with Crippen LogP contribution in [0.4, 0.5) is 6.01 Å². The molecular weight excluding hydrogens is 314 g/mol. The molecule has 0 atom stereocenters. The van der Waals surface area contributed by atoms with E-state index in [4.69, 9.17) is 9.15 Å². The van der Waals surface area contributed by atoms with Crippen molar-refractivity contribution in [2.75, 3.05) is 17.7 Å². The maximum atomic E-state index is 12.3. The van der Waals surface area contributed by atoms with Crippen LogP contribution in [0.15, 0.2) is 46.2 Å². The highest BCUT2D eigenvalue weighted by atomic mass is 32.2. The summed E-state index contributed by atoms with van der Waals surface area (Å²) in [6.45, 7) is 2.34.